The third-order valence-corrected chi connectivity index (χ3v) is 7.67. The minimum absolute atomic E-state index is 0.0187. The van der Waals surface area contributed by atoms with Crippen LogP contribution in [0.1, 0.15) is 19.5 Å². The molecular formula is C25H33F3N4O4Si. The summed E-state index contributed by atoms with van der Waals surface area (Å²) in [7, 11) is -1.38. The summed E-state index contributed by atoms with van der Waals surface area (Å²) in [5.74, 6) is -0.510. The van der Waals surface area contributed by atoms with E-state index in [1.807, 2.05) is 0 Å². The number of aromatic nitrogens is 2. The number of carbonyl (C=O) groups is 1. The summed E-state index contributed by atoms with van der Waals surface area (Å²) in [5.41, 5.74) is -2.95. The maximum Gasteiger partial charge on any atom is 0.436 e. The van der Waals surface area contributed by atoms with Crippen LogP contribution >= 0.6 is 0 Å². The number of rotatable bonds is 11. The fourth-order valence-electron chi connectivity index (χ4n) is 3.45. The highest BCUT2D eigenvalue weighted by molar-refractivity contribution is 6.76. The van der Waals surface area contributed by atoms with Gasteiger partial charge in [0, 0.05) is 32.6 Å². The number of carboxylic acids is 1. The Balaban J connectivity index is 1.75. The fourth-order valence-corrected chi connectivity index (χ4v) is 4.20. The first-order chi connectivity index (χ1) is 17.2. The molecule has 202 valence electrons. The first kappa shape index (κ1) is 28.4. The molecule has 1 aromatic heterocycles. The maximum atomic E-state index is 14.4. The summed E-state index contributed by atoms with van der Waals surface area (Å²) >= 11 is 0. The molecule has 2 N–H and O–H groups in total. The molecule has 3 rings (SSSR count). The summed E-state index contributed by atoms with van der Waals surface area (Å²) in [5, 5.41) is 11.6. The second-order valence-corrected chi connectivity index (χ2v) is 16.4. The van der Waals surface area contributed by atoms with Crippen molar-refractivity contribution >= 4 is 14.0 Å². The van der Waals surface area contributed by atoms with Gasteiger partial charge in [0.15, 0.2) is 0 Å². The summed E-state index contributed by atoms with van der Waals surface area (Å²) in [6, 6.07) is 7.48. The molecule has 0 saturated carbocycles. The van der Waals surface area contributed by atoms with Crippen molar-refractivity contribution in [2.75, 3.05) is 19.9 Å². The highest BCUT2D eigenvalue weighted by Gasteiger charge is 2.62. The van der Waals surface area contributed by atoms with E-state index in [-0.39, 0.29) is 19.0 Å². The first-order valence-electron chi connectivity index (χ1n) is 11.8. The van der Waals surface area contributed by atoms with Crippen molar-refractivity contribution in [3.8, 4) is 17.0 Å². The molecule has 0 radical (unpaired) electrons. The van der Waals surface area contributed by atoms with Gasteiger partial charge in [-0.15, -0.1) is 0 Å². The third kappa shape index (κ3) is 6.61. The third-order valence-electron chi connectivity index (χ3n) is 5.97. The van der Waals surface area contributed by atoms with Crippen molar-refractivity contribution < 1.29 is 32.5 Å². The quantitative estimate of drug-likeness (QED) is 0.304. The van der Waals surface area contributed by atoms with Gasteiger partial charge in [0.05, 0.1) is 23.5 Å². The van der Waals surface area contributed by atoms with Gasteiger partial charge in [0.1, 0.15) is 24.8 Å². The van der Waals surface area contributed by atoms with Crippen molar-refractivity contribution in [1.82, 2.24) is 20.2 Å². The topological polar surface area (TPSA) is 96.8 Å². The lowest BCUT2D eigenvalue weighted by Crippen LogP contribution is -2.60. The van der Waals surface area contributed by atoms with E-state index in [4.69, 9.17) is 9.47 Å². The average Bonchev–Trinajstić information content (AvgIpc) is 3.25. The summed E-state index contributed by atoms with van der Waals surface area (Å²) in [6.45, 7) is 9.75. The largest absolute Gasteiger partial charge is 0.492 e. The smallest absolute Gasteiger partial charge is 0.436 e. The molecule has 37 heavy (non-hydrogen) atoms. The minimum atomic E-state index is -4.71. The van der Waals surface area contributed by atoms with Crippen LogP contribution in [0, 0.1) is 5.41 Å². The van der Waals surface area contributed by atoms with E-state index >= 15 is 0 Å². The van der Waals surface area contributed by atoms with Gasteiger partial charge >= 0.3 is 12.1 Å². The summed E-state index contributed by atoms with van der Waals surface area (Å²) in [4.78, 5) is 20.7. The van der Waals surface area contributed by atoms with Crippen molar-refractivity contribution in [2.45, 2.75) is 51.4 Å². The van der Waals surface area contributed by atoms with Crippen molar-refractivity contribution in [3.63, 3.8) is 0 Å². The molecule has 0 bridgehead atoms. The monoisotopic (exact) mass is 538 g/mol. The Kier molecular flexibility index (Phi) is 8.23. The Morgan fingerprint density at radius 1 is 1.14 bits per heavy atom. The van der Waals surface area contributed by atoms with E-state index < -0.39 is 31.3 Å². The standard InChI is InChI=1S/C25H33F3N4O4Si/c1-23(2,22(33)34)16-36-19-8-6-18(7-9-19)20-14-30-21(15-29-20)24(25(26,27)28)31-10-11-32(24)17-35-12-13-37(3,4)5/h6-11,14-15,31H,12-13,16-17H2,1-5H3,(H,33,34). The van der Waals surface area contributed by atoms with Crippen molar-refractivity contribution in [3.05, 3.63) is 54.8 Å². The molecule has 8 nitrogen and oxygen atoms in total. The average molecular weight is 539 g/mol. The number of nitrogens with zero attached hydrogens (tertiary/aromatic N) is 3. The fraction of sp³-hybridized carbons (Fsp3) is 0.480. The second kappa shape index (κ2) is 10.7. The lowest BCUT2D eigenvalue weighted by atomic mass is 9.95. The van der Waals surface area contributed by atoms with E-state index in [2.05, 4.69) is 34.9 Å². The molecule has 1 unspecified atom stereocenters. The molecular weight excluding hydrogens is 505 g/mol. The van der Waals surface area contributed by atoms with Gasteiger partial charge in [0.2, 0.25) is 0 Å². The highest BCUT2D eigenvalue weighted by atomic mass is 28.3. The molecule has 0 amide bonds. The first-order valence-corrected chi connectivity index (χ1v) is 15.5. The number of ether oxygens (including phenoxy) is 2. The molecule has 1 aliphatic heterocycles. The molecule has 2 aromatic rings. The number of hydrogen-bond donors (Lipinski definition) is 2. The van der Waals surface area contributed by atoms with Gasteiger partial charge in [-0.2, -0.15) is 13.2 Å². The van der Waals surface area contributed by atoms with Crippen LogP contribution in [0.15, 0.2) is 49.1 Å². The molecule has 1 aromatic carbocycles. The zero-order valence-corrected chi connectivity index (χ0v) is 22.6. The van der Waals surface area contributed by atoms with Gasteiger partial charge in [-0.1, -0.05) is 19.6 Å². The Hall–Kier alpha value is -3.12. The van der Waals surface area contributed by atoms with E-state index in [1.165, 1.54) is 18.6 Å². The minimum Gasteiger partial charge on any atom is -0.492 e. The van der Waals surface area contributed by atoms with E-state index in [9.17, 15) is 23.1 Å². The highest BCUT2D eigenvalue weighted by Crippen LogP contribution is 2.43. The van der Waals surface area contributed by atoms with Crippen LogP contribution in [0.3, 0.4) is 0 Å². The number of benzene rings is 1. The number of carboxylic acid groups (broad SMARTS) is 1. The van der Waals surface area contributed by atoms with E-state index in [0.29, 0.717) is 23.6 Å². The number of alkyl halides is 3. The van der Waals surface area contributed by atoms with Crippen molar-refractivity contribution in [2.24, 2.45) is 5.41 Å². The summed E-state index contributed by atoms with van der Waals surface area (Å²) < 4.78 is 54.4. The Morgan fingerprint density at radius 2 is 1.81 bits per heavy atom. The SMILES string of the molecule is CC(C)(COc1ccc(-c2cnc(C3(C(F)(F)F)NC=CN3COCC[Si](C)(C)C)cn2)cc1)C(=O)O. The molecule has 0 spiro atoms. The second-order valence-electron chi connectivity index (χ2n) is 10.8. The molecule has 1 atom stereocenters. The number of hydrogen-bond acceptors (Lipinski definition) is 7. The molecule has 0 saturated heterocycles. The van der Waals surface area contributed by atoms with Gasteiger partial charge in [-0.3, -0.25) is 14.8 Å². The zero-order chi connectivity index (χ0) is 27.5. The van der Waals surface area contributed by atoms with Crippen LogP contribution in [0.5, 0.6) is 5.75 Å². The van der Waals surface area contributed by atoms with E-state index in [1.54, 1.807) is 38.1 Å². The Morgan fingerprint density at radius 3 is 2.35 bits per heavy atom. The van der Waals surface area contributed by atoms with Crippen LogP contribution in [-0.2, 0) is 15.2 Å². The van der Waals surface area contributed by atoms with Crippen LogP contribution in [0.4, 0.5) is 13.2 Å². The number of nitrogens with one attached hydrogen (secondary N) is 1. The molecule has 0 fully saturated rings. The maximum absolute atomic E-state index is 14.4. The normalized spacial score (nSPS) is 18.1. The Bertz CT molecular complexity index is 1100. The predicted molar refractivity (Wildman–Crippen MR) is 135 cm³/mol. The van der Waals surface area contributed by atoms with E-state index in [0.717, 1.165) is 17.1 Å². The Labute approximate surface area is 215 Å². The molecule has 12 heteroatoms. The predicted octanol–water partition coefficient (Wildman–Crippen LogP) is 5.04. The molecule has 2 heterocycles. The van der Waals surface area contributed by atoms with Gasteiger partial charge in [-0.05, 0) is 44.2 Å². The lowest BCUT2D eigenvalue weighted by molar-refractivity contribution is -0.245. The van der Waals surface area contributed by atoms with Gasteiger partial charge < -0.3 is 24.8 Å². The number of aliphatic carboxylic acids is 1. The van der Waals surface area contributed by atoms with Crippen molar-refractivity contribution in [1.29, 1.82) is 0 Å². The lowest BCUT2D eigenvalue weighted by Gasteiger charge is -2.39. The molecule has 0 aliphatic carbocycles. The van der Waals surface area contributed by atoms with Crippen LogP contribution in [0.2, 0.25) is 25.7 Å². The zero-order valence-electron chi connectivity index (χ0n) is 21.6. The summed E-state index contributed by atoms with van der Waals surface area (Å²) in [6.07, 6.45) is 0.225. The molecule has 1 aliphatic rings. The van der Waals surface area contributed by atoms with Crippen LogP contribution in [0.25, 0.3) is 11.3 Å². The van der Waals surface area contributed by atoms with Crippen LogP contribution < -0.4 is 10.1 Å². The number of halogens is 3. The van der Waals surface area contributed by atoms with Crippen LogP contribution in [-0.4, -0.2) is 60.1 Å². The van der Waals surface area contributed by atoms with Gasteiger partial charge in [-0.25, -0.2) is 0 Å². The van der Waals surface area contributed by atoms with Gasteiger partial charge in [0.25, 0.3) is 5.66 Å².